The number of hydrogen-bond acceptors (Lipinski definition) is 4. The van der Waals surface area contributed by atoms with E-state index in [9.17, 15) is 8.78 Å². The van der Waals surface area contributed by atoms with Gasteiger partial charge in [0.05, 0.1) is 5.56 Å². The topological polar surface area (TPSA) is 37.8 Å². The van der Waals surface area contributed by atoms with Gasteiger partial charge in [-0.15, -0.1) is 10.2 Å². The monoisotopic (exact) mass is 255 g/mol. The van der Waals surface area contributed by atoms with Gasteiger partial charge >= 0.3 is 0 Å². The molecule has 0 spiro atoms. The van der Waals surface area contributed by atoms with E-state index in [2.05, 4.69) is 15.5 Å². The average Bonchev–Trinajstić information content (AvgIpc) is 2.78. The van der Waals surface area contributed by atoms with E-state index in [0.717, 1.165) is 29.8 Å². The second kappa shape index (κ2) is 5.29. The van der Waals surface area contributed by atoms with E-state index in [1.165, 1.54) is 11.3 Å². The Bertz CT molecular complexity index is 513. The number of nitrogens with zero attached hydrogens (tertiary/aromatic N) is 2. The molecule has 0 aliphatic carbocycles. The van der Waals surface area contributed by atoms with E-state index >= 15 is 0 Å². The fourth-order valence-corrected chi connectivity index (χ4v) is 2.15. The zero-order valence-electron chi connectivity index (χ0n) is 9.20. The summed E-state index contributed by atoms with van der Waals surface area (Å²) in [5.74, 6) is -0.970. The number of benzene rings is 1. The van der Waals surface area contributed by atoms with E-state index in [0.29, 0.717) is 11.6 Å². The van der Waals surface area contributed by atoms with Crippen LogP contribution in [0.4, 0.5) is 8.78 Å². The smallest absolute Gasteiger partial charge is 0.150 e. The predicted octanol–water partition coefficient (Wildman–Crippen LogP) is 2.59. The molecule has 1 N–H and O–H groups in total. The summed E-state index contributed by atoms with van der Waals surface area (Å²) in [6.07, 6.45) is 0. The molecule has 6 heteroatoms. The van der Waals surface area contributed by atoms with Gasteiger partial charge in [-0.05, 0) is 24.7 Å². The van der Waals surface area contributed by atoms with Gasteiger partial charge in [-0.25, -0.2) is 8.78 Å². The van der Waals surface area contributed by atoms with Crippen molar-refractivity contribution >= 4 is 11.3 Å². The summed E-state index contributed by atoms with van der Waals surface area (Å²) in [5, 5.41) is 12.0. The maximum Gasteiger partial charge on any atom is 0.150 e. The molecule has 1 aromatic carbocycles. The molecule has 0 saturated carbocycles. The van der Waals surface area contributed by atoms with Gasteiger partial charge in [-0.1, -0.05) is 18.3 Å². The zero-order valence-corrected chi connectivity index (χ0v) is 10.0. The Hall–Kier alpha value is -1.40. The SMILES string of the molecule is CCNCc1nnc(-c2cc(F)ccc2F)s1. The minimum absolute atomic E-state index is 0.158. The first-order valence-electron chi connectivity index (χ1n) is 5.19. The van der Waals surface area contributed by atoms with Crippen molar-refractivity contribution < 1.29 is 8.78 Å². The highest BCUT2D eigenvalue weighted by Crippen LogP contribution is 2.26. The first-order valence-corrected chi connectivity index (χ1v) is 6.01. The quantitative estimate of drug-likeness (QED) is 0.912. The minimum Gasteiger partial charge on any atom is -0.311 e. The fourth-order valence-electron chi connectivity index (χ4n) is 1.33. The van der Waals surface area contributed by atoms with E-state index < -0.39 is 11.6 Å². The van der Waals surface area contributed by atoms with Crippen molar-refractivity contribution in [2.75, 3.05) is 6.54 Å². The molecule has 0 unspecified atom stereocenters. The number of rotatable bonds is 4. The van der Waals surface area contributed by atoms with Crippen LogP contribution < -0.4 is 5.32 Å². The summed E-state index contributed by atoms with van der Waals surface area (Å²) in [4.78, 5) is 0. The van der Waals surface area contributed by atoms with E-state index in [4.69, 9.17) is 0 Å². The van der Waals surface area contributed by atoms with Crippen molar-refractivity contribution in [1.29, 1.82) is 0 Å². The molecular weight excluding hydrogens is 244 g/mol. The molecule has 2 rings (SSSR count). The van der Waals surface area contributed by atoms with Crippen LogP contribution in [0, 0.1) is 11.6 Å². The summed E-state index contributed by atoms with van der Waals surface area (Å²) >= 11 is 1.26. The number of hydrogen-bond donors (Lipinski definition) is 1. The lowest BCUT2D eigenvalue weighted by molar-refractivity contribution is 0.603. The third-order valence-electron chi connectivity index (χ3n) is 2.15. The molecular formula is C11H11F2N3S. The van der Waals surface area contributed by atoms with Crippen LogP contribution in [0.25, 0.3) is 10.6 Å². The van der Waals surface area contributed by atoms with E-state index in [1.807, 2.05) is 6.92 Å². The average molecular weight is 255 g/mol. The van der Waals surface area contributed by atoms with Crippen LogP contribution >= 0.6 is 11.3 Å². The molecule has 1 heterocycles. The van der Waals surface area contributed by atoms with Gasteiger partial charge < -0.3 is 5.32 Å². The maximum absolute atomic E-state index is 13.5. The second-order valence-electron chi connectivity index (χ2n) is 3.41. The summed E-state index contributed by atoms with van der Waals surface area (Å²) in [7, 11) is 0. The second-order valence-corrected chi connectivity index (χ2v) is 4.47. The molecule has 2 aromatic rings. The van der Waals surface area contributed by atoms with Crippen LogP contribution in [0.1, 0.15) is 11.9 Å². The van der Waals surface area contributed by atoms with Crippen LogP contribution in [0.5, 0.6) is 0 Å². The number of halogens is 2. The molecule has 0 aliphatic rings. The Labute approximate surface area is 102 Å². The Kier molecular flexibility index (Phi) is 3.75. The van der Waals surface area contributed by atoms with Crippen LogP contribution in [-0.2, 0) is 6.54 Å². The van der Waals surface area contributed by atoms with Crippen molar-refractivity contribution in [3.63, 3.8) is 0 Å². The van der Waals surface area contributed by atoms with Gasteiger partial charge in [0.1, 0.15) is 16.6 Å². The fraction of sp³-hybridized carbons (Fsp3) is 0.273. The lowest BCUT2D eigenvalue weighted by Crippen LogP contribution is -2.11. The lowest BCUT2D eigenvalue weighted by atomic mass is 10.2. The van der Waals surface area contributed by atoms with Gasteiger partial charge in [0.2, 0.25) is 0 Å². The summed E-state index contributed by atoms with van der Waals surface area (Å²) < 4.78 is 26.5. The molecule has 0 bridgehead atoms. The van der Waals surface area contributed by atoms with Gasteiger partial charge in [0.25, 0.3) is 0 Å². The Morgan fingerprint density at radius 2 is 2.12 bits per heavy atom. The molecule has 1 aromatic heterocycles. The van der Waals surface area contributed by atoms with Crippen molar-refractivity contribution in [1.82, 2.24) is 15.5 Å². The van der Waals surface area contributed by atoms with E-state index in [-0.39, 0.29) is 5.56 Å². The standard InChI is InChI=1S/C11H11F2N3S/c1-2-14-6-10-15-16-11(17-10)8-5-7(12)3-4-9(8)13/h3-5,14H,2,6H2,1H3. The number of aromatic nitrogens is 2. The van der Waals surface area contributed by atoms with Gasteiger partial charge in [0, 0.05) is 6.54 Å². The molecule has 3 nitrogen and oxygen atoms in total. The summed E-state index contributed by atoms with van der Waals surface area (Å²) in [5.41, 5.74) is 0.158. The molecule has 0 saturated heterocycles. The van der Waals surface area contributed by atoms with Crippen LogP contribution in [0.15, 0.2) is 18.2 Å². The van der Waals surface area contributed by atoms with Crippen LogP contribution in [0.3, 0.4) is 0 Å². The highest BCUT2D eigenvalue weighted by atomic mass is 32.1. The van der Waals surface area contributed by atoms with Gasteiger partial charge in [-0.2, -0.15) is 0 Å². The molecule has 0 aliphatic heterocycles. The highest BCUT2D eigenvalue weighted by molar-refractivity contribution is 7.14. The highest BCUT2D eigenvalue weighted by Gasteiger charge is 2.11. The summed E-state index contributed by atoms with van der Waals surface area (Å²) in [6.45, 7) is 3.39. The largest absolute Gasteiger partial charge is 0.311 e. The molecule has 17 heavy (non-hydrogen) atoms. The molecule has 0 atom stereocenters. The molecule has 0 amide bonds. The van der Waals surface area contributed by atoms with Crippen molar-refractivity contribution in [3.05, 3.63) is 34.8 Å². The lowest BCUT2D eigenvalue weighted by Gasteiger charge is -1.97. The minimum atomic E-state index is -0.488. The Balaban J connectivity index is 2.27. The van der Waals surface area contributed by atoms with Crippen molar-refractivity contribution in [3.8, 4) is 10.6 Å². The third kappa shape index (κ3) is 2.83. The number of nitrogens with one attached hydrogen (secondary N) is 1. The van der Waals surface area contributed by atoms with Crippen LogP contribution in [0.2, 0.25) is 0 Å². The maximum atomic E-state index is 13.5. The van der Waals surface area contributed by atoms with Gasteiger partial charge in [-0.3, -0.25) is 0 Å². The normalized spacial score (nSPS) is 10.8. The van der Waals surface area contributed by atoms with Crippen LogP contribution in [-0.4, -0.2) is 16.7 Å². The summed E-state index contributed by atoms with van der Waals surface area (Å²) in [6, 6.07) is 3.31. The van der Waals surface area contributed by atoms with Crippen molar-refractivity contribution in [2.45, 2.75) is 13.5 Å². The Morgan fingerprint density at radius 3 is 2.88 bits per heavy atom. The Morgan fingerprint density at radius 1 is 1.29 bits per heavy atom. The van der Waals surface area contributed by atoms with E-state index in [1.54, 1.807) is 0 Å². The first kappa shape index (κ1) is 12.1. The third-order valence-corrected chi connectivity index (χ3v) is 3.11. The predicted molar refractivity (Wildman–Crippen MR) is 62.6 cm³/mol. The molecule has 0 fully saturated rings. The molecule has 90 valence electrons. The zero-order chi connectivity index (χ0) is 12.3. The first-order chi connectivity index (χ1) is 8.20. The van der Waals surface area contributed by atoms with Crippen molar-refractivity contribution in [2.24, 2.45) is 0 Å². The van der Waals surface area contributed by atoms with Gasteiger partial charge in [0.15, 0.2) is 5.01 Å². The molecule has 0 radical (unpaired) electrons.